The molecule has 2 fully saturated rings. The third-order valence-corrected chi connectivity index (χ3v) is 6.87. The van der Waals surface area contributed by atoms with Crippen molar-refractivity contribution in [2.24, 2.45) is 0 Å². The minimum Gasteiger partial charge on any atom is -0.348 e. The Kier molecular flexibility index (Phi) is 4.37. The topological polar surface area (TPSA) is 41.1 Å². The van der Waals surface area contributed by atoms with E-state index in [1.165, 1.54) is 12.8 Å². The monoisotopic (exact) mass is 364 g/mol. The van der Waals surface area contributed by atoms with Gasteiger partial charge in [0.25, 0.3) is 5.91 Å². The molecule has 1 aromatic carbocycles. The standard InChI is InChI=1S/C17H17ClN2OS2/c18-15-7-8-16(23-15)22-12-4-1-10(2-5-12)17(21)20-14-9-11-3-6-13(14)19-11/h1-2,4-5,7-8,11,13-14,19H,3,6,9H2,(H,20,21). The van der Waals surface area contributed by atoms with Crippen LogP contribution in [-0.4, -0.2) is 24.0 Å². The summed E-state index contributed by atoms with van der Waals surface area (Å²) in [6.07, 6.45) is 3.48. The quantitative estimate of drug-likeness (QED) is 0.855. The summed E-state index contributed by atoms with van der Waals surface area (Å²) >= 11 is 9.18. The normalized spacial score (nSPS) is 25.7. The first-order valence-electron chi connectivity index (χ1n) is 7.77. The minimum absolute atomic E-state index is 0.0278. The Morgan fingerprint density at radius 3 is 2.65 bits per heavy atom. The SMILES string of the molecule is O=C(NC1CC2CCC1N2)c1ccc(Sc2ccc(Cl)s2)cc1. The Balaban J connectivity index is 1.38. The summed E-state index contributed by atoms with van der Waals surface area (Å²) in [6, 6.07) is 13.0. The van der Waals surface area contributed by atoms with Crippen molar-refractivity contribution in [2.75, 3.05) is 0 Å². The van der Waals surface area contributed by atoms with E-state index in [4.69, 9.17) is 11.6 Å². The summed E-state index contributed by atoms with van der Waals surface area (Å²) in [5, 5.41) is 6.72. The Hall–Kier alpha value is -1.01. The first-order valence-corrected chi connectivity index (χ1v) is 9.78. The van der Waals surface area contributed by atoms with E-state index < -0.39 is 0 Å². The summed E-state index contributed by atoms with van der Waals surface area (Å²) < 4.78 is 1.95. The van der Waals surface area contributed by atoms with Crippen LogP contribution in [-0.2, 0) is 0 Å². The van der Waals surface area contributed by atoms with Crippen LogP contribution in [0.25, 0.3) is 0 Å². The number of carbonyl (C=O) groups is 1. The fourth-order valence-electron chi connectivity index (χ4n) is 3.38. The third kappa shape index (κ3) is 3.43. The van der Waals surface area contributed by atoms with Crippen LogP contribution < -0.4 is 10.6 Å². The molecule has 1 aromatic heterocycles. The van der Waals surface area contributed by atoms with Crippen LogP contribution in [0.2, 0.25) is 4.34 Å². The fraction of sp³-hybridized carbons (Fsp3) is 0.353. The van der Waals surface area contributed by atoms with Gasteiger partial charge in [-0.1, -0.05) is 23.4 Å². The average Bonchev–Trinajstić information content (AvgIpc) is 3.25. The van der Waals surface area contributed by atoms with E-state index in [-0.39, 0.29) is 11.9 Å². The van der Waals surface area contributed by atoms with E-state index >= 15 is 0 Å². The number of benzene rings is 1. The number of amides is 1. The van der Waals surface area contributed by atoms with Gasteiger partial charge in [0.2, 0.25) is 0 Å². The van der Waals surface area contributed by atoms with E-state index in [1.54, 1.807) is 23.1 Å². The molecule has 2 bridgehead atoms. The van der Waals surface area contributed by atoms with E-state index in [1.807, 2.05) is 36.4 Å². The number of halogens is 1. The van der Waals surface area contributed by atoms with Crippen molar-refractivity contribution in [1.82, 2.24) is 10.6 Å². The lowest BCUT2D eigenvalue weighted by atomic mass is 9.95. The van der Waals surface area contributed by atoms with Crippen LogP contribution in [0.15, 0.2) is 45.5 Å². The second kappa shape index (κ2) is 6.48. The van der Waals surface area contributed by atoms with Crippen molar-refractivity contribution >= 4 is 40.6 Å². The van der Waals surface area contributed by atoms with Gasteiger partial charge in [-0.3, -0.25) is 4.79 Å². The lowest BCUT2D eigenvalue weighted by Crippen LogP contribution is -2.42. The van der Waals surface area contributed by atoms with Gasteiger partial charge in [0, 0.05) is 28.6 Å². The molecule has 2 aliphatic rings. The molecule has 0 radical (unpaired) electrons. The maximum atomic E-state index is 12.4. The summed E-state index contributed by atoms with van der Waals surface area (Å²) in [5.41, 5.74) is 0.723. The lowest BCUT2D eigenvalue weighted by Gasteiger charge is -2.21. The van der Waals surface area contributed by atoms with Gasteiger partial charge < -0.3 is 10.6 Å². The second-order valence-corrected chi connectivity index (χ2v) is 9.14. The predicted octanol–water partition coefficient (Wildman–Crippen LogP) is 4.18. The summed E-state index contributed by atoms with van der Waals surface area (Å²) in [6.45, 7) is 0. The largest absolute Gasteiger partial charge is 0.348 e. The zero-order valence-electron chi connectivity index (χ0n) is 12.4. The molecule has 6 heteroatoms. The van der Waals surface area contributed by atoms with Gasteiger partial charge >= 0.3 is 0 Å². The Morgan fingerprint density at radius 2 is 2.04 bits per heavy atom. The van der Waals surface area contributed by atoms with Gasteiger partial charge in [0.1, 0.15) is 0 Å². The molecule has 4 rings (SSSR count). The van der Waals surface area contributed by atoms with Crippen LogP contribution >= 0.6 is 34.7 Å². The first kappa shape index (κ1) is 15.5. The smallest absolute Gasteiger partial charge is 0.251 e. The molecule has 3 atom stereocenters. The van der Waals surface area contributed by atoms with Gasteiger partial charge in [0.05, 0.1) is 8.55 Å². The Labute approximate surface area is 148 Å². The molecule has 0 spiro atoms. The lowest BCUT2D eigenvalue weighted by molar-refractivity contribution is 0.0931. The average molecular weight is 365 g/mol. The van der Waals surface area contributed by atoms with Crippen molar-refractivity contribution in [3.05, 3.63) is 46.3 Å². The highest BCUT2D eigenvalue weighted by Crippen LogP contribution is 2.35. The maximum Gasteiger partial charge on any atom is 0.251 e. The predicted molar refractivity (Wildman–Crippen MR) is 95.7 cm³/mol. The molecule has 23 heavy (non-hydrogen) atoms. The molecular weight excluding hydrogens is 348 g/mol. The van der Waals surface area contributed by atoms with Crippen LogP contribution in [0.5, 0.6) is 0 Å². The summed E-state index contributed by atoms with van der Waals surface area (Å²) in [4.78, 5) is 13.5. The van der Waals surface area contributed by atoms with Gasteiger partial charge in [-0.05, 0) is 55.7 Å². The number of fused-ring (bicyclic) bond motifs is 2. The molecule has 2 aliphatic heterocycles. The molecule has 120 valence electrons. The number of rotatable bonds is 4. The molecule has 3 heterocycles. The van der Waals surface area contributed by atoms with E-state index in [0.29, 0.717) is 12.1 Å². The van der Waals surface area contributed by atoms with Crippen molar-refractivity contribution in [1.29, 1.82) is 0 Å². The molecule has 0 aliphatic carbocycles. The molecule has 3 unspecified atom stereocenters. The Bertz CT molecular complexity index is 716. The third-order valence-electron chi connectivity index (χ3n) is 4.50. The molecule has 2 N–H and O–H groups in total. The number of carbonyl (C=O) groups excluding carboxylic acids is 1. The van der Waals surface area contributed by atoms with Crippen LogP contribution in [0.3, 0.4) is 0 Å². The van der Waals surface area contributed by atoms with E-state index in [9.17, 15) is 4.79 Å². The number of nitrogens with one attached hydrogen (secondary N) is 2. The molecular formula is C17H17ClN2OS2. The second-order valence-electron chi connectivity index (χ2n) is 6.05. The number of thiophene rings is 1. The number of hydrogen-bond acceptors (Lipinski definition) is 4. The molecule has 2 aromatic rings. The summed E-state index contributed by atoms with van der Waals surface area (Å²) in [5.74, 6) is 0.0278. The maximum absolute atomic E-state index is 12.4. The zero-order chi connectivity index (χ0) is 15.8. The van der Waals surface area contributed by atoms with Crippen LogP contribution in [0, 0.1) is 0 Å². The first-order chi connectivity index (χ1) is 11.2. The van der Waals surface area contributed by atoms with Crippen molar-refractivity contribution < 1.29 is 4.79 Å². The Morgan fingerprint density at radius 1 is 1.22 bits per heavy atom. The van der Waals surface area contributed by atoms with Crippen molar-refractivity contribution in [3.63, 3.8) is 0 Å². The minimum atomic E-state index is 0.0278. The van der Waals surface area contributed by atoms with Gasteiger partial charge in [-0.15, -0.1) is 11.3 Å². The highest BCUT2D eigenvalue weighted by Gasteiger charge is 2.39. The molecule has 3 nitrogen and oxygen atoms in total. The van der Waals surface area contributed by atoms with Crippen LogP contribution in [0.4, 0.5) is 0 Å². The molecule has 1 amide bonds. The van der Waals surface area contributed by atoms with Crippen molar-refractivity contribution in [3.8, 4) is 0 Å². The molecule has 2 saturated heterocycles. The zero-order valence-corrected chi connectivity index (χ0v) is 14.8. The van der Waals surface area contributed by atoms with Gasteiger partial charge in [-0.25, -0.2) is 0 Å². The van der Waals surface area contributed by atoms with Gasteiger partial charge in [0.15, 0.2) is 0 Å². The van der Waals surface area contributed by atoms with Gasteiger partial charge in [-0.2, -0.15) is 0 Å². The number of hydrogen-bond donors (Lipinski definition) is 2. The van der Waals surface area contributed by atoms with E-state index in [0.717, 1.165) is 25.4 Å². The highest BCUT2D eigenvalue weighted by atomic mass is 35.5. The van der Waals surface area contributed by atoms with Crippen molar-refractivity contribution in [2.45, 2.75) is 46.5 Å². The van der Waals surface area contributed by atoms with Crippen LogP contribution in [0.1, 0.15) is 29.6 Å². The highest BCUT2D eigenvalue weighted by molar-refractivity contribution is 8.01. The summed E-state index contributed by atoms with van der Waals surface area (Å²) in [7, 11) is 0. The molecule has 0 saturated carbocycles. The van der Waals surface area contributed by atoms with E-state index in [2.05, 4.69) is 10.6 Å². The fourth-order valence-corrected chi connectivity index (χ4v) is 5.66.